The van der Waals surface area contributed by atoms with Gasteiger partial charge in [-0.2, -0.15) is 0 Å². The van der Waals surface area contributed by atoms with Gasteiger partial charge in [0.2, 0.25) is 9.84 Å². The SMILES string of the molecule is COc1ccc(-c2[nH]c3ccc(Br)cc3c2S(=O)(=O)c2ccccc2)cc1. The summed E-state index contributed by atoms with van der Waals surface area (Å²) in [6, 6.07) is 21.4. The first-order chi connectivity index (χ1) is 13.0. The van der Waals surface area contributed by atoms with Crippen molar-refractivity contribution in [2.24, 2.45) is 0 Å². The molecule has 0 bridgehead atoms. The number of ether oxygens (including phenoxy) is 1. The maximum absolute atomic E-state index is 13.5. The first kappa shape index (κ1) is 17.8. The van der Waals surface area contributed by atoms with E-state index in [4.69, 9.17) is 4.74 Å². The molecule has 0 spiro atoms. The van der Waals surface area contributed by atoms with Crippen molar-refractivity contribution in [2.45, 2.75) is 9.79 Å². The molecule has 6 heteroatoms. The third kappa shape index (κ3) is 3.15. The highest BCUT2D eigenvalue weighted by atomic mass is 79.9. The van der Waals surface area contributed by atoms with E-state index in [0.717, 1.165) is 15.6 Å². The molecule has 0 unspecified atom stereocenters. The van der Waals surface area contributed by atoms with Crippen molar-refractivity contribution in [1.82, 2.24) is 4.98 Å². The van der Waals surface area contributed by atoms with Crippen molar-refractivity contribution >= 4 is 36.7 Å². The van der Waals surface area contributed by atoms with Gasteiger partial charge in [0, 0.05) is 15.4 Å². The summed E-state index contributed by atoms with van der Waals surface area (Å²) in [7, 11) is -2.12. The van der Waals surface area contributed by atoms with Crippen LogP contribution in [0.15, 0.2) is 87.1 Å². The minimum Gasteiger partial charge on any atom is -0.497 e. The van der Waals surface area contributed by atoms with Crippen molar-refractivity contribution in [3.63, 3.8) is 0 Å². The highest BCUT2D eigenvalue weighted by Crippen LogP contribution is 2.38. The van der Waals surface area contributed by atoms with Crippen molar-refractivity contribution < 1.29 is 13.2 Å². The Balaban J connectivity index is 2.03. The standard InChI is InChI=1S/C21H16BrNO3S/c1-26-16-10-7-14(8-11-16)20-21(18-13-15(22)9-12-19(18)23-20)27(24,25)17-5-3-2-4-6-17/h2-13,23H,1H3. The van der Waals surface area contributed by atoms with Gasteiger partial charge in [0.05, 0.1) is 17.7 Å². The molecule has 0 aliphatic heterocycles. The van der Waals surface area contributed by atoms with E-state index in [1.54, 1.807) is 37.4 Å². The monoisotopic (exact) mass is 441 g/mol. The fraction of sp³-hybridized carbons (Fsp3) is 0.0476. The summed E-state index contributed by atoms with van der Waals surface area (Å²) >= 11 is 3.45. The number of nitrogens with one attached hydrogen (secondary N) is 1. The first-order valence-corrected chi connectivity index (χ1v) is 10.5. The summed E-state index contributed by atoms with van der Waals surface area (Å²) in [5.74, 6) is 0.713. The van der Waals surface area contributed by atoms with Crippen molar-refractivity contribution in [1.29, 1.82) is 0 Å². The van der Waals surface area contributed by atoms with E-state index in [1.807, 2.05) is 42.5 Å². The molecule has 4 nitrogen and oxygen atoms in total. The predicted molar refractivity (Wildman–Crippen MR) is 110 cm³/mol. The molecule has 4 aromatic rings. The quantitative estimate of drug-likeness (QED) is 0.458. The zero-order valence-corrected chi connectivity index (χ0v) is 16.8. The van der Waals surface area contributed by atoms with Crippen LogP contribution in [-0.2, 0) is 9.84 Å². The molecular weight excluding hydrogens is 426 g/mol. The normalized spacial score (nSPS) is 11.6. The van der Waals surface area contributed by atoms with E-state index in [0.29, 0.717) is 16.8 Å². The topological polar surface area (TPSA) is 59.2 Å². The minimum absolute atomic E-state index is 0.264. The summed E-state index contributed by atoms with van der Waals surface area (Å²) in [4.78, 5) is 3.82. The van der Waals surface area contributed by atoms with E-state index in [1.165, 1.54) is 0 Å². The molecule has 0 aliphatic rings. The molecule has 1 aromatic heterocycles. The van der Waals surface area contributed by atoms with E-state index in [-0.39, 0.29) is 9.79 Å². The maximum atomic E-state index is 13.5. The van der Waals surface area contributed by atoms with Crippen LogP contribution in [0.4, 0.5) is 0 Å². The molecule has 136 valence electrons. The van der Waals surface area contributed by atoms with Gasteiger partial charge in [0.1, 0.15) is 10.6 Å². The second-order valence-electron chi connectivity index (χ2n) is 6.06. The second-order valence-corrected chi connectivity index (χ2v) is 8.87. The molecule has 4 rings (SSSR count). The third-order valence-corrected chi connectivity index (χ3v) is 6.76. The fourth-order valence-electron chi connectivity index (χ4n) is 3.10. The van der Waals surface area contributed by atoms with Gasteiger partial charge in [-0.25, -0.2) is 8.42 Å². The first-order valence-electron chi connectivity index (χ1n) is 8.26. The zero-order chi connectivity index (χ0) is 19.0. The van der Waals surface area contributed by atoms with Crippen LogP contribution in [0.1, 0.15) is 0 Å². The van der Waals surface area contributed by atoms with E-state index < -0.39 is 9.84 Å². The Labute approximate surface area is 165 Å². The molecule has 0 amide bonds. The van der Waals surface area contributed by atoms with Crippen LogP contribution < -0.4 is 4.74 Å². The molecule has 27 heavy (non-hydrogen) atoms. The zero-order valence-electron chi connectivity index (χ0n) is 14.4. The number of sulfone groups is 1. The lowest BCUT2D eigenvalue weighted by atomic mass is 10.1. The fourth-order valence-corrected chi connectivity index (χ4v) is 5.11. The number of hydrogen-bond donors (Lipinski definition) is 1. The Morgan fingerprint density at radius 2 is 1.63 bits per heavy atom. The van der Waals surface area contributed by atoms with Gasteiger partial charge in [-0.05, 0) is 60.2 Å². The van der Waals surface area contributed by atoms with Crippen LogP contribution in [0, 0.1) is 0 Å². The number of rotatable bonds is 4. The highest BCUT2D eigenvalue weighted by Gasteiger charge is 2.27. The predicted octanol–water partition coefficient (Wildman–Crippen LogP) is 5.44. The number of benzene rings is 3. The summed E-state index contributed by atoms with van der Waals surface area (Å²) in [6.45, 7) is 0. The number of aromatic amines is 1. The van der Waals surface area contributed by atoms with Crippen molar-refractivity contribution in [3.05, 3.63) is 77.3 Å². The summed E-state index contributed by atoms with van der Waals surface area (Å²) < 4.78 is 33.0. The largest absolute Gasteiger partial charge is 0.497 e. The maximum Gasteiger partial charge on any atom is 0.209 e. The number of fused-ring (bicyclic) bond motifs is 1. The van der Waals surface area contributed by atoms with Crippen molar-refractivity contribution in [3.8, 4) is 17.0 Å². The molecule has 0 fully saturated rings. The Hall–Kier alpha value is -2.57. The van der Waals surface area contributed by atoms with Gasteiger partial charge in [-0.15, -0.1) is 0 Å². The number of halogens is 1. The van der Waals surface area contributed by atoms with Crippen molar-refractivity contribution in [2.75, 3.05) is 7.11 Å². The Morgan fingerprint density at radius 1 is 0.926 bits per heavy atom. The number of H-pyrrole nitrogens is 1. The average molecular weight is 442 g/mol. The Morgan fingerprint density at radius 3 is 2.30 bits per heavy atom. The molecule has 1 heterocycles. The van der Waals surface area contributed by atoms with Crippen LogP contribution in [0.2, 0.25) is 0 Å². The lowest BCUT2D eigenvalue weighted by Crippen LogP contribution is -2.03. The highest BCUT2D eigenvalue weighted by molar-refractivity contribution is 9.10. The van der Waals surface area contributed by atoms with Gasteiger partial charge in [-0.1, -0.05) is 34.1 Å². The van der Waals surface area contributed by atoms with Gasteiger partial charge in [-0.3, -0.25) is 0 Å². The summed E-state index contributed by atoms with van der Waals surface area (Å²) in [5.41, 5.74) is 2.10. The van der Waals surface area contributed by atoms with Gasteiger partial charge in [0.15, 0.2) is 0 Å². The molecule has 0 saturated heterocycles. The van der Waals surface area contributed by atoms with Crippen LogP contribution >= 0.6 is 15.9 Å². The van der Waals surface area contributed by atoms with Crippen LogP contribution in [-0.4, -0.2) is 20.5 Å². The number of hydrogen-bond acceptors (Lipinski definition) is 3. The molecule has 3 aromatic carbocycles. The Kier molecular flexibility index (Phi) is 4.53. The molecular formula is C21H16BrNO3S. The number of methoxy groups -OCH3 is 1. The van der Waals surface area contributed by atoms with Gasteiger partial charge in [0.25, 0.3) is 0 Å². The molecule has 0 atom stereocenters. The van der Waals surface area contributed by atoms with E-state index >= 15 is 0 Å². The third-order valence-electron chi connectivity index (χ3n) is 4.41. The van der Waals surface area contributed by atoms with E-state index in [2.05, 4.69) is 20.9 Å². The second kappa shape index (κ2) is 6.87. The lowest BCUT2D eigenvalue weighted by molar-refractivity contribution is 0.415. The van der Waals surface area contributed by atoms with Crippen LogP contribution in [0.3, 0.4) is 0 Å². The van der Waals surface area contributed by atoms with Crippen LogP contribution in [0.5, 0.6) is 5.75 Å². The van der Waals surface area contributed by atoms with E-state index in [9.17, 15) is 8.42 Å². The summed E-state index contributed by atoms with van der Waals surface area (Å²) in [6.07, 6.45) is 0. The smallest absolute Gasteiger partial charge is 0.209 e. The summed E-state index contributed by atoms with van der Waals surface area (Å²) in [5, 5.41) is 0.652. The molecule has 0 aliphatic carbocycles. The lowest BCUT2D eigenvalue weighted by Gasteiger charge is -2.08. The van der Waals surface area contributed by atoms with Gasteiger partial charge < -0.3 is 9.72 Å². The van der Waals surface area contributed by atoms with Gasteiger partial charge >= 0.3 is 0 Å². The van der Waals surface area contributed by atoms with Crippen LogP contribution in [0.25, 0.3) is 22.2 Å². The average Bonchev–Trinajstić information content (AvgIpc) is 3.08. The molecule has 1 N–H and O–H groups in total. The Bertz CT molecular complexity index is 1210. The molecule has 0 saturated carbocycles. The molecule has 0 radical (unpaired) electrons. The number of aromatic nitrogens is 1. The minimum atomic E-state index is -3.72.